The molecule has 0 saturated carbocycles. The molecular formula is C13H13BrN4O2. The van der Waals surface area contributed by atoms with Gasteiger partial charge in [-0.15, -0.1) is 0 Å². The summed E-state index contributed by atoms with van der Waals surface area (Å²) in [6, 6.07) is 6.17. The molecule has 6 nitrogen and oxygen atoms in total. The Kier molecular flexibility index (Phi) is 4.19. The van der Waals surface area contributed by atoms with Crippen LogP contribution in [0, 0.1) is 0 Å². The number of halogens is 1. The van der Waals surface area contributed by atoms with Crippen molar-refractivity contribution in [3.8, 4) is 0 Å². The van der Waals surface area contributed by atoms with Crippen LogP contribution in [0.1, 0.15) is 22.0 Å². The van der Waals surface area contributed by atoms with E-state index in [0.29, 0.717) is 11.1 Å². The van der Waals surface area contributed by atoms with Gasteiger partial charge in [0.15, 0.2) is 0 Å². The van der Waals surface area contributed by atoms with E-state index in [1.807, 2.05) is 6.07 Å². The Morgan fingerprint density at radius 2 is 2.20 bits per heavy atom. The lowest BCUT2D eigenvalue weighted by atomic mass is 10.1. The van der Waals surface area contributed by atoms with Crippen LogP contribution < -0.4 is 11.1 Å². The molecule has 0 aliphatic carbocycles. The van der Waals surface area contributed by atoms with E-state index < -0.39 is 17.9 Å². The van der Waals surface area contributed by atoms with Crippen molar-refractivity contribution < 1.29 is 9.59 Å². The van der Waals surface area contributed by atoms with E-state index in [-0.39, 0.29) is 0 Å². The van der Waals surface area contributed by atoms with Crippen LogP contribution >= 0.6 is 15.9 Å². The third-order valence-electron chi connectivity index (χ3n) is 2.71. The number of primary amides is 1. The van der Waals surface area contributed by atoms with Gasteiger partial charge >= 0.3 is 0 Å². The summed E-state index contributed by atoms with van der Waals surface area (Å²) in [7, 11) is 1.71. The second kappa shape index (κ2) is 5.87. The summed E-state index contributed by atoms with van der Waals surface area (Å²) in [6.45, 7) is 0. The van der Waals surface area contributed by atoms with Gasteiger partial charge < -0.3 is 11.1 Å². The molecule has 7 heteroatoms. The first-order chi connectivity index (χ1) is 9.47. The highest BCUT2D eigenvalue weighted by molar-refractivity contribution is 9.10. The van der Waals surface area contributed by atoms with Crippen LogP contribution in [0.15, 0.2) is 41.1 Å². The predicted molar refractivity (Wildman–Crippen MR) is 76.8 cm³/mol. The lowest BCUT2D eigenvalue weighted by Gasteiger charge is -2.15. The first-order valence-corrected chi connectivity index (χ1v) is 6.61. The fourth-order valence-electron chi connectivity index (χ4n) is 1.76. The zero-order valence-electron chi connectivity index (χ0n) is 10.7. The lowest BCUT2D eigenvalue weighted by molar-refractivity contribution is -0.120. The first kappa shape index (κ1) is 14.3. The number of benzene rings is 1. The zero-order chi connectivity index (χ0) is 14.7. The molecular weight excluding hydrogens is 324 g/mol. The van der Waals surface area contributed by atoms with Gasteiger partial charge in [0.05, 0.1) is 11.8 Å². The van der Waals surface area contributed by atoms with Gasteiger partial charge in [0, 0.05) is 17.7 Å². The van der Waals surface area contributed by atoms with E-state index in [2.05, 4.69) is 26.3 Å². The van der Waals surface area contributed by atoms with Gasteiger partial charge in [0.25, 0.3) is 5.91 Å². The number of amides is 2. The molecule has 1 atom stereocenters. The molecule has 2 rings (SSSR count). The Hall–Kier alpha value is -2.15. The van der Waals surface area contributed by atoms with Gasteiger partial charge in [-0.2, -0.15) is 5.10 Å². The number of hydrogen-bond acceptors (Lipinski definition) is 3. The number of nitrogens with one attached hydrogen (secondary N) is 1. The van der Waals surface area contributed by atoms with Crippen molar-refractivity contribution in [2.45, 2.75) is 6.04 Å². The summed E-state index contributed by atoms with van der Waals surface area (Å²) >= 11 is 3.32. The second-order valence-electron chi connectivity index (χ2n) is 4.27. The summed E-state index contributed by atoms with van der Waals surface area (Å²) in [6.07, 6.45) is 2.99. The topological polar surface area (TPSA) is 90.0 Å². The molecule has 0 fully saturated rings. The smallest absolute Gasteiger partial charge is 0.255 e. The van der Waals surface area contributed by atoms with Crippen molar-refractivity contribution >= 4 is 27.7 Å². The maximum absolute atomic E-state index is 12.0. The number of carbonyl (C=O) groups is 2. The number of carbonyl (C=O) groups excluding carboxylic acids is 2. The number of hydrogen-bond donors (Lipinski definition) is 2. The summed E-state index contributed by atoms with van der Waals surface area (Å²) < 4.78 is 2.31. The summed E-state index contributed by atoms with van der Waals surface area (Å²) in [5.74, 6) is -1.03. The summed E-state index contributed by atoms with van der Waals surface area (Å²) in [5, 5.41) is 6.51. The van der Waals surface area contributed by atoms with Crippen LogP contribution in [0.2, 0.25) is 0 Å². The van der Waals surface area contributed by atoms with Gasteiger partial charge in [-0.1, -0.05) is 28.1 Å². The SMILES string of the molecule is Cn1cc(C(=O)N[C@@H](C(N)=O)c2cccc(Br)c2)cn1. The fraction of sp³-hybridized carbons (Fsp3) is 0.154. The Balaban J connectivity index is 2.22. The van der Waals surface area contributed by atoms with Crippen LogP contribution in [-0.2, 0) is 11.8 Å². The highest BCUT2D eigenvalue weighted by atomic mass is 79.9. The molecule has 0 bridgehead atoms. The zero-order valence-corrected chi connectivity index (χ0v) is 12.3. The molecule has 0 aliphatic rings. The van der Waals surface area contributed by atoms with Crippen molar-refractivity contribution in [1.29, 1.82) is 0 Å². The minimum atomic E-state index is -0.889. The minimum Gasteiger partial charge on any atom is -0.368 e. The van der Waals surface area contributed by atoms with Crippen LogP contribution in [0.25, 0.3) is 0 Å². The monoisotopic (exact) mass is 336 g/mol. The molecule has 0 aliphatic heterocycles. The molecule has 104 valence electrons. The van der Waals surface area contributed by atoms with Crippen LogP contribution in [-0.4, -0.2) is 21.6 Å². The van der Waals surface area contributed by atoms with E-state index in [9.17, 15) is 9.59 Å². The van der Waals surface area contributed by atoms with Crippen LogP contribution in [0.4, 0.5) is 0 Å². The van der Waals surface area contributed by atoms with E-state index in [0.717, 1.165) is 4.47 Å². The summed E-state index contributed by atoms with van der Waals surface area (Å²) in [5.41, 5.74) is 6.34. The highest BCUT2D eigenvalue weighted by Gasteiger charge is 2.21. The lowest BCUT2D eigenvalue weighted by Crippen LogP contribution is -2.37. The number of nitrogens with zero attached hydrogens (tertiary/aromatic N) is 2. The Bertz CT molecular complexity index is 653. The molecule has 0 saturated heterocycles. The Morgan fingerprint density at radius 3 is 2.75 bits per heavy atom. The molecule has 0 radical (unpaired) electrons. The average molecular weight is 337 g/mol. The number of nitrogens with two attached hydrogens (primary N) is 1. The van der Waals surface area contributed by atoms with Gasteiger partial charge in [-0.05, 0) is 17.7 Å². The molecule has 0 unspecified atom stereocenters. The largest absolute Gasteiger partial charge is 0.368 e. The quantitative estimate of drug-likeness (QED) is 0.877. The number of rotatable bonds is 4. The first-order valence-electron chi connectivity index (χ1n) is 5.81. The fourth-order valence-corrected chi connectivity index (χ4v) is 2.17. The minimum absolute atomic E-state index is 0.369. The second-order valence-corrected chi connectivity index (χ2v) is 5.18. The van der Waals surface area contributed by atoms with Crippen LogP contribution in [0.3, 0.4) is 0 Å². The third kappa shape index (κ3) is 3.24. The van der Waals surface area contributed by atoms with Crippen molar-refractivity contribution in [2.24, 2.45) is 12.8 Å². The maximum atomic E-state index is 12.0. The Labute approximate surface area is 124 Å². The van der Waals surface area contributed by atoms with Gasteiger partial charge in [0.2, 0.25) is 5.91 Å². The molecule has 1 aromatic carbocycles. The molecule has 20 heavy (non-hydrogen) atoms. The van der Waals surface area contributed by atoms with E-state index >= 15 is 0 Å². The highest BCUT2D eigenvalue weighted by Crippen LogP contribution is 2.18. The van der Waals surface area contributed by atoms with Gasteiger partial charge in [-0.3, -0.25) is 14.3 Å². The van der Waals surface area contributed by atoms with Crippen molar-refractivity contribution in [1.82, 2.24) is 15.1 Å². The molecule has 2 aromatic rings. The standard InChI is InChI=1S/C13H13BrN4O2/c1-18-7-9(6-16-18)13(20)17-11(12(15)19)8-3-2-4-10(14)5-8/h2-7,11H,1H3,(H2,15,19)(H,17,20)/t11-/m1/s1. The van der Waals surface area contributed by atoms with Crippen molar-refractivity contribution in [3.05, 3.63) is 52.3 Å². The normalized spacial score (nSPS) is 11.9. The number of aryl methyl sites for hydroxylation is 1. The number of aromatic nitrogens is 2. The third-order valence-corrected chi connectivity index (χ3v) is 3.20. The molecule has 1 aromatic heterocycles. The van der Waals surface area contributed by atoms with Crippen molar-refractivity contribution in [2.75, 3.05) is 0 Å². The van der Waals surface area contributed by atoms with E-state index in [1.165, 1.54) is 10.9 Å². The molecule has 3 N–H and O–H groups in total. The van der Waals surface area contributed by atoms with E-state index in [4.69, 9.17) is 5.73 Å². The predicted octanol–water partition coefficient (Wildman–Crippen LogP) is 1.14. The molecule has 1 heterocycles. The molecule has 0 spiro atoms. The van der Waals surface area contributed by atoms with Crippen LogP contribution in [0.5, 0.6) is 0 Å². The van der Waals surface area contributed by atoms with Crippen molar-refractivity contribution in [3.63, 3.8) is 0 Å². The van der Waals surface area contributed by atoms with E-state index in [1.54, 1.807) is 31.4 Å². The van der Waals surface area contributed by atoms with Gasteiger partial charge in [0.1, 0.15) is 6.04 Å². The Morgan fingerprint density at radius 1 is 1.45 bits per heavy atom. The van der Waals surface area contributed by atoms with Gasteiger partial charge in [-0.25, -0.2) is 0 Å². The summed E-state index contributed by atoms with van der Waals surface area (Å²) in [4.78, 5) is 23.6. The average Bonchev–Trinajstić information content (AvgIpc) is 2.82. The maximum Gasteiger partial charge on any atom is 0.255 e. The molecule has 2 amide bonds.